The van der Waals surface area contributed by atoms with Crippen LogP contribution in [0.25, 0.3) is 0 Å². The summed E-state index contributed by atoms with van der Waals surface area (Å²) >= 11 is 0. The van der Waals surface area contributed by atoms with E-state index in [1.54, 1.807) is 13.0 Å². The third kappa shape index (κ3) is 10.4. The summed E-state index contributed by atoms with van der Waals surface area (Å²) in [6, 6.07) is 13.0. The van der Waals surface area contributed by atoms with Gasteiger partial charge in [-0.1, -0.05) is 23.4 Å². The predicted octanol–water partition coefficient (Wildman–Crippen LogP) is 3.03. The predicted molar refractivity (Wildman–Crippen MR) is 165 cm³/mol. The molecule has 4 rings (SSSR count). The van der Waals surface area contributed by atoms with Crippen LogP contribution < -0.4 is 20.1 Å². The molecule has 1 atom stereocenters. The van der Waals surface area contributed by atoms with Gasteiger partial charge in [0.15, 0.2) is 0 Å². The first-order valence-corrected chi connectivity index (χ1v) is 15.1. The molecule has 0 saturated heterocycles. The average molecular weight is 592 g/mol. The maximum absolute atomic E-state index is 13.0. The standard InChI is InChI=1S/C32H45N7O4/c1-24-11-12-29-30(19-24)43-18-8-16-39-23-27(35-36-39)22-38(15-6-13-33-31(40)25(2)34-32(29)41)21-26-9-5-10-28(20-26)42-17-7-14-37(3)4/h5,9-12,19-20,23,25H,6-8,13-18,21-22H2,1-4H3,(H,33,40)(H,34,41)/t25-/m1/s1. The summed E-state index contributed by atoms with van der Waals surface area (Å²) in [6.45, 7) is 8.89. The first kappa shape index (κ1) is 32.0. The second-order valence-electron chi connectivity index (χ2n) is 11.4. The molecule has 0 aliphatic carbocycles. The summed E-state index contributed by atoms with van der Waals surface area (Å²) in [7, 11) is 4.12. The van der Waals surface area contributed by atoms with Crippen molar-refractivity contribution in [1.29, 1.82) is 0 Å². The fourth-order valence-corrected chi connectivity index (χ4v) is 4.88. The molecule has 2 N–H and O–H groups in total. The highest BCUT2D eigenvalue weighted by molar-refractivity contribution is 5.99. The van der Waals surface area contributed by atoms with Crippen molar-refractivity contribution in [2.75, 3.05) is 46.9 Å². The van der Waals surface area contributed by atoms with Crippen molar-refractivity contribution in [2.45, 2.75) is 58.8 Å². The van der Waals surface area contributed by atoms with E-state index >= 15 is 0 Å². The number of ether oxygens (including phenoxy) is 2. The molecule has 43 heavy (non-hydrogen) atoms. The van der Waals surface area contributed by atoms with Crippen LogP contribution in [-0.4, -0.2) is 89.6 Å². The minimum absolute atomic E-state index is 0.227. The Kier molecular flexibility index (Phi) is 11.9. The third-order valence-corrected chi connectivity index (χ3v) is 7.16. The summed E-state index contributed by atoms with van der Waals surface area (Å²) in [6.07, 6.45) is 4.37. The summed E-state index contributed by atoms with van der Waals surface area (Å²) in [4.78, 5) is 30.3. The first-order chi connectivity index (χ1) is 20.8. The number of hydrogen-bond acceptors (Lipinski definition) is 8. The van der Waals surface area contributed by atoms with Crippen LogP contribution in [0.3, 0.4) is 0 Å². The van der Waals surface area contributed by atoms with Gasteiger partial charge in [0.1, 0.15) is 17.5 Å². The van der Waals surface area contributed by atoms with Crippen molar-refractivity contribution >= 4 is 11.8 Å². The first-order valence-electron chi connectivity index (χ1n) is 15.1. The number of rotatable bonds is 7. The highest BCUT2D eigenvalue weighted by atomic mass is 16.5. The van der Waals surface area contributed by atoms with Crippen molar-refractivity contribution < 1.29 is 19.1 Å². The number of carbonyl (C=O) groups excluding carboxylic acids is 2. The largest absolute Gasteiger partial charge is 0.494 e. The Bertz CT molecular complexity index is 1340. The lowest BCUT2D eigenvalue weighted by molar-refractivity contribution is -0.122. The molecule has 0 radical (unpaired) electrons. The maximum atomic E-state index is 13.0. The van der Waals surface area contributed by atoms with Crippen molar-refractivity contribution in [2.24, 2.45) is 0 Å². The molecule has 1 aliphatic heterocycles. The Labute approximate surface area is 254 Å². The fraction of sp³-hybridized carbons (Fsp3) is 0.500. The molecule has 2 aromatic carbocycles. The highest BCUT2D eigenvalue weighted by Crippen LogP contribution is 2.21. The molecule has 0 unspecified atom stereocenters. The molecule has 0 spiro atoms. The topological polar surface area (TPSA) is 114 Å². The van der Waals surface area contributed by atoms with Gasteiger partial charge in [-0.05, 0) is 76.2 Å². The maximum Gasteiger partial charge on any atom is 0.255 e. The van der Waals surface area contributed by atoms with Gasteiger partial charge in [0.2, 0.25) is 5.91 Å². The lowest BCUT2D eigenvalue weighted by atomic mass is 10.1. The number of amides is 2. The van der Waals surface area contributed by atoms with E-state index in [0.29, 0.717) is 57.1 Å². The third-order valence-electron chi connectivity index (χ3n) is 7.16. The Morgan fingerprint density at radius 2 is 1.98 bits per heavy atom. The molecule has 1 aromatic heterocycles. The second kappa shape index (κ2) is 16.0. The summed E-state index contributed by atoms with van der Waals surface area (Å²) in [5, 5.41) is 14.5. The van der Waals surface area contributed by atoms with Gasteiger partial charge in [-0.25, -0.2) is 0 Å². The van der Waals surface area contributed by atoms with Gasteiger partial charge in [0, 0.05) is 51.9 Å². The molecule has 2 amide bonds. The summed E-state index contributed by atoms with van der Waals surface area (Å²) in [5.74, 6) is 0.796. The summed E-state index contributed by atoms with van der Waals surface area (Å²) in [5.41, 5.74) is 3.41. The molecular formula is C32H45N7O4. The van der Waals surface area contributed by atoms with Crippen LogP contribution in [-0.2, 0) is 24.4 Å². The number of benzene rings is 2. The van der Waals surface area contributed by atoms with Gasteiger partial charge in [0.05, 0.1) is 24.5 Å². The van der Waals surface area contributed by atoms with E-state index in [2.05, 4.69) is 57.0 Å². The van der Waals surface area contributed by atoms with Crippen LogP contribution in [0.15, 0.2) is 48.7 Å². The molecule has 0 saturated carbocycles. The van der Waals surface area contributed by atoms with Gasteiger partial charge in [-0.2, -0.15) is 0 Å². The number of nitrogens with zero attached hydrogens (tertiary/aromatic N) is 5. The zero-order chi connectivity index (χ0) is 30.6. The van der Waals surface area contributed by atoms with Gasteiger partial charge in [-0.3, -0.25) is 19.2 Å². The lowest BCUT2D eigenvalue weighted by Gasteiger charge is -2.22. The quantitative estimate of drug-likeness (QED) is 0.403. The molecule has 11 nitrogen and oxygen atoms in total. The number of carbonyl (C=O) groups is 2. The molecule has 2 bridgehead atoms. The van der Waals surface area contributed by atoms with E-state index in [0.717, 1.165) is 48.5 Å². The Morgan fingerprint density at radius 3 is 2.81 bits per heavy atom. The zero-order valence-electron chi connectivity index (χ0n) is 25.8. The van der Waals surface area contributed by atoms with Crippen LogP contribution in [0, 0.1) is 6.92 Å². The van der Waals surface area contributed by atoms with Crippen LogP contribution >= 0.6 is 0 Å². The van der Waals surface area contributed by atoms with Crippen molar-refractivity contribution in [3.63, 3.8) is 0 Å². The zero-order valence-corrected chi connectivity index (χ0v) is 25.8. The van der Waals surface area contributed by atoms with Crippen molar-refractivity contribution in [3.8, 4) is 11.5 Å². The number of fused-ring (bicyclic) bond motifs is 3. The van der Waals surface area contributed by atoms with E-state index in [1.807, 2.05) is 42.1 Å². The number of aromatic nitrogens is 3. The van der Waals surface area contributed by atoms with Crippen LogP contribution in [0.2, 0.25) is 0 Å². The number of aryl methyl sites for hydroxylation is 2. The molecule has 2 heterocycles. The normalized spacial score (nSPS) is 17.6. The van der Waals surface area contributed by atoms with E-state index in [9.17, 15) is 9.59 Å². The van der Waals surface area contributed by atoms with Gasteiger partial charge in [-0.15, -0.1) is 5.10 Å². The second-order valence-corrected chi connectivity index (χ2v) is 11.4. The van der Waals surface area contributed by atoms with Crippen molar-refractivity contribution in [1.82, 2.24) is 35.4 Å². The van der Waals surface area contributed by atoms with E-state index < -0.39 is 6.04 Å². The number of nitrogens with one attached hydrogen (secondary N) is 2. The van der Waals surface area contributed by atoms with E-state index in [1.165, 1.54) is 0 Å². The van der Waals surface area contributed by atoms with Crippen molar-refractivity contribution in [3.05, 3.63) is 71.0 Å². The summed E-state index contributed by atoms with van der Waals surface area (Å²) < 4.78 is 13.8. The van der Waals surface area contributed by atoms with Gasteiger partial charge in [0.25, 0.3) is 5.91 Å². The molecular weight excluding hydrogens is 546 g/mol. The monoisotopic (exact) mass is 591 g/mol. The molecule has 1 aliphatic rings. The van der Waals surface area contributed by atoms with E-state index in [-0.39, 0.29) is 11.8 Å². The molecule has 11 heteroatoms. The minimum atomic E-state index is -0.686. The smallest absolute Gasteiger partial charge is 0.255 e. The Morgan fingerprint density at radius 1 is 1.12 bits per heavy atom. The molecule has 0 fully saturated rings. The Hall–Kier alpha value is -3.96. The molecule has 3 aromatic rings. The minimum Gasteiger partial charge on any atom is -0.494 e. The molecule has 232 valence electrons. The lowest BCUT2D eigenvalue weighted by Crippen LogP contribution is -2.45. The van der Waals surface area contributed by atoms with Crippen LogP contribution in [0.5, 0.6) is 11.5 Å². The van der Waals surface area contributed by atoms with E-state index in [4.69, 9.17) is 9.47 Å². The van der Waals surface area contributed by atoms with Gasteiger partial charge < -0.3 is 25.0 Å². The number of hydrogen-bond donors (Lipinski definition) is 2. The van der Waals surface area contributed by atoms with Crippen LogP contribution in [0.1, 0.15) is 53.4 Å². The van der Waals surface area contributed by atoms with Gasteiger partial charge >= 0.3 is 0 Å². The Balaban J connectivity index is 1.44. The average Bonchev–Trinajstić information content (AvgIpc) is 3.42. The fourth-order valence-electron chi connectivity index (χ4n) is 4.88. The van der Waals surface area contributed by atoms with Crippen LogP contribution in [0.4, 0.5) is 0 Å². The highest BCUT2D eigenvalue weighted by Gasteiger charge is 2.20. The SMILES string of the molecule is Cc1ccc2c(c1)OCCCn1cc(nn1)CN(Cc1cccc(OCCCN(C)C)c1)CCCNC(=O)[C@@H](C)NC2=O.